The van der Waals surface area contributed by atoms with Gasteiger partial charge in [-0.25, -0.2) is 8.42 Å². The second-order valence-corrected chi connectivity index (χ2v) is 10.2. The largest absolute Gasteiger partial charge is 0.375 e. The molecule has 1 N–H and O–H groups in total. The van der Waals surface area contributed by atoms with Gasteiger partial charge in [0.05, 0.1) is 12.7 Å². The summed E-state index contributed by atoms with van der Waals surface area (Å²) in [6.07, 6.45) is 7.93. The van der Waals surface area contributed by atoms with Crippen LogP contribution in [-0.4, -0.2) is 91.9 Å². The molecule has 0 saturated carbocycles. The number of amides is 1. The lowest BCUT2D eigenvalue weighted by atomic mass is 10.1. The third-order valence-electron chi connectivity index (χ3n) is 6.24. The third kappa shape index (κ3) is 4.84. The average molecular weight is 425 g/mol. The van der Waals surface area contributed by atoms with Gasteiger partial charge in [-0.2, -0.15) is 4.31 Å². The minimum Gasteiger partial charge on any atom is -0.375 e. The molecule has 1 aromatic heterocycles. The molecule has 29 heavy (non-hydrogen) atoms. The summed E-state index contributed by atoms with van der Waals surface area (Å²) in [5.41, 5.74) is 0.346. The average Bonchev–Trinajstić information content (AvgIpc) is 3.50. The zero-order valence-electron chi connectivity index (χ0n) is 17.0. The van der Waals surface area contributed by atoms with E-state index < -0.39 is 10.0 Å². The van der Waals surface area contributed by atoms with E-state index in [-0.39, 0.29) is 16.9 Å². The predicted octanol–water partition coefficient (Wildman–Crippen LogP) is 1.52. The summed E-state index contributed by atoms with van der Waals surface area (Å²) in [6.45, 7) is 6.16. The van der Waals surface area contributed by atoms with Crippen molar-refractivity contribution in [2.75, 3.05) is 52.4 Å². The van der Waals surface area contributed by atoms with Gasteiger partial charge < -0.3 is 19.5 Å². The molecule has 8 nitrogen and oxygen atoms in total. The SMILES string of the molecule is O=C(c1cc(S(=O)(=O)N2CC[C@H](OCCN3CCCCC3)C2)c[nH]1)N1CCCC1. The highest BCUT2D eigenvalue weighted by Gasteiger charge is 2.34. The first-order valence-electron chi connectivity index (χ1n) is 10.9. The minimum absolute atomic E-state index is 0.0563. The fraction of sp³-hybridized carbons (Fsp3) is 0.750. The Morgan fingerprint density at radius 1 is 1.07 bits per heavy atom. The van der Waals surface area contributed by atoms with Gasteiger partial charge in [0.15, 0.2) is 0 Å². The Labute approximate surface area is 173 Å². The zero-order chi connectivity index (χ0) is 20.3. The predicted molar refractivity (Wildman–Crippen MR) is 109 cm³/mol. The second kappa shape index (κ2) is 9.16. The number of H-pyrrole nitrogens is 1. The number of nitrogens with one attached hydrogen (secondary N) is 1. The van der Waals surface area contributed by atoms with Crippen molar-refractivity contribution < 1.29 is 17.9 Å². The number of aromatic nitrogens is 1. The number of hydrogen-bond acceptors (Lipinski definition) is 5. The molecular weight excluding hydrogens is 392 g/mol. The zero-order valence-corrected chi connectivity index (χ0v) is 17.8. The number of likely N-dealkylation sites (tertiary alicyclic amines) is 2. The number of hydrogen-bond donors (Lipinski definition) is 1. The number of carbonyl (C=O) groups is 1. The van der Waals surface area contributed by atoms with E-state index in [1.165, 1.54) is 35.8 Å². The molecule has 4 heterocycles. The van der Waals surface area contributed by atoms with Crippen LogP contribution in [0.15, 0.2) is 17.2 Å². The highest BCUT2D eigenvalue weighted by atomic mass is 32.2. The molecule has 4 rings (SSSR count). The molecule has 0 aromatic carbocycles. The summed E-state index contributed by atoms with van der Waals surface area (Å²) in [4.78, 5) is 19.7. The maximum atomic E-state index is 13.0. The number of rotatable bonds is 7. The van der Waals surface area contributed by atoms with Crippen molar-refractivity contribution in [3.63, 3.8) is 0 Å². The van der Waals surface area contributed by atoms with E-state index in [1.54, 1.807) is 4.90 Å². The Morgan fingerprint density at radius 2 is 1.79 bits per heavy atom. The number of ether oxygens (including phenoxy) is 1. The Balaban J connectivity index is 1.29. The van der Waals surface area contributed by atoms with Crippen LogP contribution >= 0.6 is 0 Å². The van der Waals surface area contributed by atoms with Crippen molar-refractivity contribution in [2.24, 2.45) is 0 Å². The van der Waals surface area contributed by atoms with Crippen LogP contribution in [0.5, 0.6) is 0 Å². The Hall–Kier alpha value is -1.42. The monoisotopic (exact) mass is 424 g/mol. The molecule has 9 heteroatoms. The van der Waals surface area contributed by atoms with Crippen molar-refractivity contribution in [3.05, 3.63) is 18.0 Å². The van der Waals surface area contributed by atoms with Crippen molar-refractivity contribution in [2.45, 2.75) is 49.5 Å². The fourth-order valence-electron chi connectivity index (χ4n) is 4.47. The van der Waals surface area contributed by atoms with E-state index in [4.69, 9.17) is 4.74 Å². The van der Waals surface area contributed by atoms with Crippen molar-refractivity contribution >= 4 is 15.9 Å². The van der Waals surface area contributed by atoms with Gasteiger partial charge in [0.2, 0.25) is 10.0 Å². The lowest BCUT2D eigenvalue weighted by Crippen LogP contribution is -2.34. The summed E-state index contributed by atoms with van der Waals surface area (Å²) < 4.78 is 33.4. The first-order chi connectivity index (χ1) is 14.0. The fourth-order valence-corrected chi connectivity index (χ4v) is 5.95. The standard InChI is InChI=1S/C20H32N4O4S/c25-20(23-9-4-5-10-23)19-14-18(15-21-19)29(26,27)24-11-6-17(16-24)28-13-12-22-7-2-1-3-8-22/h14-15,17,21H,1-13,16H2/t17-/m0/s1. The molecule has 3 aliphatic heterocycles. The van der Waals surface area contributed by atoms with Gasteiger partial charge in [0, 0.05) is 38.9 Å². The van der Waals surface area contributed by atoms with Gasteiger partial charge in [-0.3, -0.25) is 4.79 Å². The van der Waals surface area contributed by atoms with E-state index >= 15 is 0 Å². The normalized spacial score (nSPS) is 24.4. The van der Waals surface area contributed by atoms with E-state index in [9.17, 15) is 13.2 Å². The molecule has 162 valence electrons. The summed E-state index contributed by atoms with van der Waals surface area (Å²) in [6, 6.07) is 1.47. The number of aromatic amines is 1. The second-order valence-electron chi connectivity index (χ2n) is 8.30. The number of nitrogens with zero attached hydrogens (tertiary/aromatic N) is 3. The van der Waals surface area contributed by atoms with E-state index in [1.807, 2.05) is 0 Å². The van der Waals surface area contributed by atoms with Crippen molar-refractivity contribution in [3.8, 4) is 0 Å². The lowest BCUT2D eigenvalue weighted by molar-refractivity contribution is 0.0430. The van der Waals surface area contributed by atoms with E-state index in [0.29, 0.717) is 31.8 Å². The molecule has 0 aliphatic carbocycles. The molecular formula is C20H32N4O4S. The van der Waals surface area contributed by atoms with Gasteiger partial charge in [-0.1, -0.05) is 6.42 Å². The third-order valence-corrected chi connectivity index (χ3v) is 8.08. The van der Waals surface area contributed by atoms with E-state index in [2.05, 4.69) is 9.88 Å². The molecule has 3 aliphatic rings. The topological polar surface area (TPSA) is 86.0 Å². The first kappa shape index (κ1) is 20.8. The number of piperidine rings is 1. The smallest absolute Gasteiger partial charge is 0.270 e. The number of carbonyl (C=O) groups excluding carboxylic acids is 1. The van der Waals surface area contributed by atoms with Crippen LogP contribution in [0.3, 0.4) is 0 Å². The molecule has 1 aromatic rings. The highest BCUT2D eigenvalue weighted by Crippen LogP contribution is 2.24. The Bertz CT molecular complexity index is 797. The molecule has 1 atom stereocenters. The highest BCUT2D eigenvalue weighted by molar-refractivity contribution is 7.89. The van der Waals surface area contributed by atoms with Gasteiger partial charge in [-0.15, -0.1) is 0 Å². The molecule has 0 spiro atoms. The Kier molecular flexibility index (Phi) is 6.58. The van der Waals surface area contributed by atoms with Crippen molar-refractivity contribution in [1.82, 2.24) is 19.1 Å². The van der Waals surface area contributed by atoms with Crippen LogP contribution in [0.4, 0.5) is 0 Å². The minimum atomic E-state index is -3.61. The number of sulfonamides is 1. The van der Waals surface area contributed by atoms with Crippen LogP contribution < -0.4 is 0 Å². The van der Waals surface area contributed by atoms with E-state index in [0.717, 1.165) is 45.6 Å². The van der Waals surface area contributed by atoms with Crippen molar-refractivity contribution in [1.29, 1.82) is 0 Å². The summed E-state index contributed by atoms with van der Waals surface area (Å²) in [5, 5.41) is 0. The van der Waals surface area contributed by atoms with Crippen LogP contribution in [-0.2, 0) is 14.8 Å². The molecule has 3 saturated heterocycles. The van der Waals surface area contributed by atoms with Crippen LogP contribution in [0.2, 0.25) is 0 Å². The lowest BCUT2D eigenvalue weighted by Gasteiger charge is -2.26. The van der Waals surface area contributed by atoms with Gasteiger partial charge in [0.25, 0.3) is 5.91 Å². The summed E-state index contributed by atoms with van der Waals surface area (Å²) >= 11 is 0. The Morgan fingerprint density at radius 3 is 2.55 bits per heavy atom. The molecule has 3 fully saturated rings. The summed E-state index contributed by atoms with van der Waals surface area (Å²) in [5.74, 6) is -0.121. The van der Waals surface area contributed by atoms with Gasteiger partial charge in [0.1, 0.15) is 10.6 Å². The molecule has 0 radical (unpaired) electrons. The first-order valence-corrected chi connectivity index (χ1v) is 12.3. The summed E-state index contributed by atoms with van der Waals surface area (Å²) in [7, 11) is -3.61. The van der Waals surface area contributed by atoms with Gasteiger partial charge in [-0.05, 0) is 51.3 Å². The maximum Gasteiger partial charge on any atom is 0.270 e. The molecule has 0 unspecified atom stereocenters. The quantitative estimate of drug-likeness (QED) is 0.717. The van der Waals surface area contributed by atoms with Crippen LogP contribution in [0.1, 0.15) is 49.0 Å². The van der Waals surface area contributed by atoms with Crippen LogP contribution in [0.25, 0.3) is 0 Å². The maximum absolute atomic E-state index is 13.0. The van der Waals surface area contributed by atoms with Crippen LogP contribution in [0, 0.1) is 0 Å². The molecule has 1 amide bonds. The molecule has 0 bridgehead atoms. The van der Waals surface area contributed by atoms with Gasteiger partial charge >= 0.3 is 0 Å².